The molecule has 0 atom stereocenters. The zero-order valence-corrected chi connectivity index (χ0v) is 8.77. The average molecular weight is 231 g/mol. The zero-order valence-electron chi connectivity index (χ0n) is 8.77. The Labute approximate surface area is 91.5 Å². The molecule has 0 aliphatic carbocycles. The monoisotopic (exact) mass is 231 g/mol. The lowest BCUT2D eigenvalue weighted by molar-refractivity contribution is -0.153. The summed E-state index contributed by atoms with van der Waals surface area (Å²) in [6, 6.07) is 7.23. The summed E-state index contributed by atoms with van der Waals surface area (Å²) >= 11 is 0. The fraction of sp³-hybridized carbons (Fsp3) is 0.364. The first kappa shape index (κ1) is 12.5. The number of nitrogens with one attached hydrogen (secondary N) is 1. The third kappa shape index (κ3) is 4.82. The van der Waals surface area contributed by atoms with E-state index in [1.807, 2.05) is 19.1 Å². The van der Waals surface area contributed by atoms with Crippen LogP contribution in [0.4, 0.5) is 13.2 Å². The molecular weight excluding hydrogens is 219 g/mol. The van der Waals surface area contributed by atoms with E-state index in [-0.39, 0.29) is 6.54 Å². The number of halogens is 3. The molecule has 1 N–H and O–H groups in total. The Bertz CT molecular complexity index is 374. The molecule has 88 valence electrons. The summed E-state index contributed by atoms with van der Waals surface area (Å²) < 4.78 is 35.5. The Morgan fingerprint density at radius 2 is 2.06 bits per heavy atom. The van der Waals surface area contributed by atoms with Crippen molar-refractivity contribution < 1.29 is 18.0 Å². The number of alkyl halides is 3. The van der Waals surface area contributed by atoms with Crippen LogP contribution in [-0.4, -0.2) is 12.1 Å². The predicted molar refractivity (Wildman–Crippen MR) is 53.7 cm³/mol. The highest BCUT2D eigenvalue weighted by Gasteiger charge is 2.30. The molecule has 0 aliphatic heterocycles. The second-order valence-corrected chi connectivity index (χ2v) is 3.56. The molecule has 1 rings (SSSR count). The van der Waals surface area contributed by atoms with Gasteiger partial charge >= 0.3 is 6.18 Å². The van der Waals surface area contributed by atoms with E-state index in [0.717, 1.165) is 11.1 Å². The molecule has 0 saturated heterocycles. The quantitative estimate of drug-likeness (QED) is 0.851. The minimum atomic E-state index is -4.45. The molecule has 1 aromatic rings. The van der Waals surface area contributed by atoms with Crippen molar-refractivity contribution in [3.63, 3.8) is 0 Å². The van der Waals surface area contributed by atoms with E-state index >= 15 is 0 Å². The van der Waals surface area contributed by atoms with Crippen LogP contribution in [0.1, 0.15) is 17.5 Å². The second kappa shape index (κ2) is 5.01. The highest BCUT2D eigenvalue weighted by atomic mass is 19.4. The van der Waals surface area contributed by atoms with E-state index in [1.165, 1.54) is 0 Å². The third-order valence-corrected chi connectivity index (χ3v) is 1.93. The first-order valence-corrected chi connectivity index (χ1v) is 4.76. The topological polar surface area (TPSA) is 29.1 Å². The van der Waals surface area contributed by atoms with E-state index in [4.69, 9.17) is 0 Å². The highest BCUT2D eigenvalue weighted by Crippen LogP contribution is 2.18. The maximum absolute atomic E-state index is 11.8. The van der Waals surface area contributed by atoms with Gasteiger partial charge in [0.05, 0.1) is 0 Å². The molecule has 0 unspecified atom stereocenters. The summed E-state index contributed by atoms with van der Waals surface area (Å²) in [6.45, 7) is 2.00. The molecule has 0 spiro atoms. The highest BCUT2D eigenvalue weighted by molar-refractivity contribution is 5.76. The normalized spacial score (nSPS) is 11.2. The molecule has 5 heteroatoms. The number of carbonyl (C=O) groups is 1. The largest absolute Gasteiger partial charge is 0.397 e. The van der Waals surface area contributed by atoms with Crippen LogP contribution in [0, 0.1) is 6.92 Å². The summed E-state index contributed by atoms with van der Waals surface area (Å²) in [7, 11) is 0. The van der Waals surface area contributed by atoms with Crippen molar-refractivity contribution in [3.05, 3.63) is 35.4 Å². The number of carbonyl (C=O) groups excluding carboxylic acids is 1. The van der Waals surface area contributed by atoms with Crippen molar-refractivity contribution in [2.75, 3.05) is 0 Å². The van der Waals surface area contributed by atoms with Crippen molar-refractivity contribution >= 4 is 5.91 Å². The Kier molecular flexibility index (Phi) is 3.93. The molecule has 0 radical (unpaired) electrons. The summed E-state index contributed by atoms with van der Waals surface area (Å²) in [6.07, 6.45) is -5.88. The average Bonchev–Trinajstić information content (AvgIpc) is 2.12. The Morgan fingerprint density at radius 1 is 1.38 bits per heavy atom. The van der Waals surface area contributed by atoms with Gasteiger partial charge in [-0.3, -0.25) is 4.79 Å². The van der Waals surface area contributed by atoms with Gasteiger partial charge in [0, 0.05) is 6.54 Å². The maximum atomic E-state index is 11.8. The first-order valence-electron chi connectivity index (χ1n) is 4.76. The van der Waals surface area contributed by atoms with E-state index < -0.39 is 18.5 Å². The molecule has 0 aromatic heterocycles. The van der Waals surface area contributed by atoms with E-state index in [1.54, 1.807) is 12.1 Å². The number of benzene rings is 1. The van der Waals surface area contributed by atoms with Gasteiger partial charge in [-0.2, -0.15) is 13.2 Å². The van der Waals surface area contributed by atoms with Gasteiger partial charge < -0.3 is 5.32 Å². The van der Waals surface area contributed by atoms with Crippen molar-refractivity contribution in [3.8, 4) is 0 Å². The molecule has 1 amide bonds. The van der Waals surface area contributed by atoms with Gasteiger partial charge in [0.1, 0.15) is 6.42 Å². The minimum absolute atomic E-state index is 0.122. The van der Waals surface area contributed by atoms with Crippen LogP contribution in [0.2, 0.25) is 0 Å². The lowest BCUT2D eigenvalue weighted by atomic mass is 10.1. The maximum Gasteiger partial charge on any atom is 0.397 e. The number of hydrogen-bond donors (Lipinski definition) is 1. The van der Waals surface area contributed by atoms with Gasteiger partial charge in [0.25, 0.3) is 0 Å². The van der Waals surface area contributed by atoms with Crippen molar-refractivity contribution in [1.29, 1.82) is 0 Å². The zero-order chi connectivity index (χ0) is 12.2. The molecule has 0 saturated carbocycles. The van der Waals surface area contributed by atoms with Crippen LogP contribution in [0.5, 0.6) is 0 Å². The first-order chi connectivity index (χ1) is 7.37. The van der Waals surface area contributed by atoms with E-state index in [2.05, 4.69) is 5.32 Å². The number of hydrogen-bond acceptors (Lipinski definition) is 1. The minimum Gasteiger partial charge on any atom is -0.352 e. The van der Waals surface area contributed by atoms with Gasteiger partial charge in [0.2, 0.25) is 5.91 Å². The summed E-state index contributed by atoms with van der Waals surface area (Å²) in [5, 5.41) is 2.22. The molecular formula is C11H12F3NO. The van der Waals surface area contributed by atoms with Crippen molar-refractivity contribution in [2.24, 2.45) is 0 Å². The fourth-order valence-electron chi connectivity index (χ4n) is 1.27. The van der Waals surface area contributed by atoms with Crippen LogP contribution >= 0.6 is 0 Å². The van der Waals surface area contributed by atoms with E-state index in [9.17, 15) is 18.0 Å². The summed E-state index contributed by atoms with van der Waals surface area (Å²) in [5.41, 5.74) is 1.79. The smallest absolute Gasteiger partial charge is 0.352 e. The van der Waals surface area contributed by atoms with Crippen LogP contribution in [0.25, 0.3) is 0 Å². The van der Waals surface area contributed by atoms with Gasteiger partial charge in [-0.15, -0.1) is 0 Å². The van der Waals surface area contributed by atoms with E-state index in [0.29, 0.717) is 0 Å². The molecule has 16 heavy (non-hydrogen) atoms. The van der Waals surface area contributed by atoms with Crippen LogP contribution in [0.15, 0.2) is 24.3 Å². The van der Waals surface area contributed by atoms with Crippen LogP contribution in [0.3, 0.4) is 0 Å². The molecule has 0 aliphatic rings. The molecule has 0 bridgehead atoms. The van der Waals surface area contributed by atoms with Gasteiger partial charge in [-0.05, 0) is 12.5 Å². The fourth-order valence-corrected chi connectivity index (χ4v) is 1.27. The summed E-state index contributed by atoms with van der Waals surface area (Å²) in [5.74, 6) is -1.01. The van der Waals surface area contributed by atoms with Gasteiger partial charge in [-0.25, -0.2) is 0 Å². The number of rotatable bonds is 3. The Morgan fingerprint density at radius 3 is 2.62 bits per heavy atom. The molecule has 0 heterocycles. The van der Waals surface area contributed by atoms with Crippen molar-refractivity contribution in [1.82, 2.24) is 5.32 Å². The van der Waals surface area contributed by atoms with Crippen LogP contribution in [-0.2, 0) is 11.3 Å². The summed E-state index contributed by atoms with van der Waals surface area (Å²) in [4.78, 5) is 10.9. The Hall–Kier alpha value is -1.52. The second-order valence-electron chi connectivity index (χ2n) is 3.56. The lowest BCUT2D eigenvalue weighted by Gasteiger charge is -2.08. The molecule has 2 nitrogen and oxygen atoms in total. The molecule has 0 fully saturated rings. The lowest BCUT2D eigenvalue weighted by Crippen LogP contribution is -2.28. The number of aryl methyl sites for hydroxylation is 1. The van der Waals surface area contributed by atoms with Gasteiger partial charge in [0.15, 0.2) is 0 Å². The Balaban J connectivity index is 2.43. The van der Waals surface area contributed by atoms with Crippen LogP contribution < -0.4 is 5.32 Å². The van der Waals surface area contributed by atoms with Gasteiger partial charge in [-0.1, -0.05) is 29.8 Å². The molecule has 1 aromatic carbocycles. The van der Waals surface area contributed by atoms with Crippen molar-refractivity contribution in [2.45, 2.75) is 26.1 Å². The standard InChI is InChI=1S/C11H12F3NO/c1-8-3-2-4-9(5-8)7-15-10(16)6-11(12,13)14/h2-5H,6-7H2,1H3,(H,15,16). The predicted octanol–water partition coefficient (Wildman–Crippen LogP) is 2.56. The third-order valence-electron chi connectivity index (χ3n) is 1.93. The SMILES string of the molecule is Cc1cccc(CNC(=O)CC(F)(F)F)c1. The number of amides is 1.